The largest absolute Gasteiger partial charge is 0.444 e. The Kier molecular flexibility index (Phi) is 5.50. The minimum Gasteiger partial charge on any atom is -0.444 e. The minimum absolute atomic E-state index is 0.206. The molecule has 9 nitrogen and oxygen atoms in total. The van der Waals surface area contributed by atoms with Crippen LogP contribution in [0.1, 0.15) is 20.8 Å². The van der Waals surface area contributed by atoms with Gasteiger partial charge in [-0.3, -0.25) is 9.78 Å². The van der Waals surface area contributed by atoms with E-state index in [0.29, 0.717) is 48.8 Å². The van der Waals surface area contributed by atoms with Gasteiger partial charge in [-0.05, 0) is 39.0 Å². The SMILES string of the molecule is CC(C)(C)OC(=O)N1CCN(c2ccnc(Nc3nc4ccccc4c(=O)[nH]3)c2)CC1. The molecule has 0 spiro atoms. The van der Waals surface area contributed by atoms with Crippen molar-refractivity contribution in [2.45, 2.75) is 26.4 Å². The summed E-state index contributed by atoms with van der Waals surface area (Å²) in [5, 5.41) is 3.62. The van der Waals surface area contributed by atoms with Crippen molar-refractivity contribution in [1.82, 2.24) is 19.9 Å². The average Bonchev–Trinajstić information content (AvgIpc) is 2.73. The molecule has 2 N–H and O–H groups in total. The van der Waals surface area contributed by atoms with Gasteiger partial charge in [0.05, 0.1) is 10.9 Å². The second-order valence-electron chi connectivity index (χ2n) is 8.41. The van der Waals surface area contributed by atoms with Crippen LogP contribution in [0.25, 0.3) is 10.9 Å². The predicted molar refractivity (Wildman–Crippen MR) is 120 cm³/mol. The summed E-state index contributed by atoms with van der Waals surface area (Å²) in [7, 11) is 0. The lowest BCUT2D eigenvalue weighted by Crippen LogP contribution is -2.50. The molecule has 2 aromatic heterocycles. The summed E-state index contributed by atoms with van der Waals surface area (Å²) in [5.74, 6) is 0.911. The summed E-state index contributed by atoms with van der Waals surface area (Å²) >= 11 is 0. The molecule has 1 fully saturated rings. The van der Waals surface area contributed by atoms with Crippen molar-refractivity contribution in [3.05, 3.63) is 52.9 Å². The molecule has 0 unspecified atom stereocenters. The van der Waals surface area contributed by atoms with Crippen molar-refractivity contribution >= 4 is 34.4 Å². The van der Waals surface area contributed by atoms with Crippen LogP contribution in [0.5, 0.6) is 0 Å². The molecule has 3 heterocycles. The van der Waals surface area contributed by atoms with E-state index in [4.69, 9.17) is 4.74 Å². The van der Waals surface area contributed by atoms with Gasteiger partial charge in [0.25, 0.3) is 5.56 Å². The molecule has 9 heteroatoms. The number of carbonyl (C=O) groups is 1. The van der Waals surface area contributed by atoms with E-state index in [9.17, 15) is 9.59 Å². The van der Waals surface area contributed by atoms with Gasteiger partial charge in [0, 0.05) is 44.1 Å². The maximum Gasteiger partial charge on any atom is 0.410 e. The number of ether oxygens (including phenoxy) is 1. The number of fused-ring (bicyclic) bond motifs is 1. The molecule has 0 aliphatic carbocycles. The highest BCUT2D eigenvalue weighted by molar-refractivity contribution is 5.78. The van der Waals surface area contributed by atoms with Gasteiger partial charge in [-0.15, -0.1) is 0 Å². The summed E-state index contributed by atoms with van der Waals surface area (Å²) in [6.45, 7) is 8.14. The number of amides is 1. The zero-order chi connectivity index (χ0) is 22.0. The van der Waals surface area contributed by atoms with E-state index in [1.807, 2.05) is 39.0 Å². The Morgan fingerprint density at radius 1 is 1.13 bits per heavy atom. The van der Waals surface area contributed by atoms with Crippen molar-refractivity contribution in [1.29, 1.82) is 0 Å². The van der Waals surface area contributed by atoms with Crippen LogP contribution < -0.4 is 15.8 Å². The number of anilines is 3. The molecule has 1 aliphatic heterocycles. The highest BCUT2D eigenvalue weighted by atomic mass is 16.6. The first-order valence-electron chi connectivity index (χ1n) is 10.2. The van der Waals surface area contributed by atoms with E-state index in [2.05, 4.69) is 25.2 Å². The zero-order valence-corrected chi connectivity index (χ0v) is 17.9. The Hall–Kier alpha value is -3.62. The number of nitrogens with one attached hydrogen (secondary N) is 2. The molecule has 0 saturated carbocycles. The molecule has 1 saturated heterocycles. The predicted octanol–water partition coefficient (Wildman–Crippen LogP) is 3.12. The molecular formula is C22H26N6O3. The Balaban J connectivity index is 1.44. The van der Waals surface area contributed by atoms with E-state index in [1.165, 1.54) is 0 Å². The first-order chi connectivity index (χ1) is 14.8. The molecular weight excluding hydrogens is 396 g/mol. The van der Waals surface area contributed by atoms with Crippen LogP contribution in [-0.2, 0) is 4.74 Å². The van der Waals surface area contributed by atoms with Gasteiger partial charge in [0.2, 0.25) is 5.95 Å². The van der Waals surface area contributed by atoms with E-state index >= 15 is 0 Å². The summed E-state index contributed by atoms with van der Waals surface area (Å²) in [6.07, 6.45) is 1.42. The molecule has 1 amide bonds. The summed E-state index contributed by atoms with van der Waals surface area (Å²) in [5.41, 5.74) is 0.882. The molecule has 4 rings (SSSR count). The van der Waals surface area contributed by atoms with Gasteiger partial charge in [0.15, 0.2) is 0 Å². The van der Waals surface area contributed by atoms with E-state index < -0.39 is 5.60 Å². The van der Waals surface area contributed by atoms with Gasteiger partial charge in [-0.2, -0.15) is 0 Å². The number of benzene rings is 1. The maximum absolute atomic E-state index is 12.3. The number of piperazine rings is 1. The van der Waals surface area contributed by atoms with Gasteiger partial charge in [0.1, 0.15) is 11.4 Å². The van der Waals surface area contributed by atoms with Crippen LogP contribution >= 0.6 is 0 Å². The molecule has 31 heavy (non-hydrogen) atoms. The number of rotatable bonds is 3. The third kappa shape index (κ3) is 4.93. The molecule has 3 aromatic rings. The fourth-order valence-corrected chi connectivity index (χ4v) is 3.43. The third-order valence-corrected chi connectivity index (χ3v) is 4.90. The van der Waals surface area contributed by atoms with Crippen molar-refractivity contribution in [3.8, 4) is 0 Å². The lowest BCUT2D eigenvalue weighted by Gasteiger charge is -2.36. The van der Waals surface area contributed by atoms with Crippen LogP contribution in [-0.4, -0.2) is 57.7 Å². The van der Waals surface area contributed by atoms with Gasteiger partial charge < -0.3 is 19.9 Å². The average molecular weight is 422 g/mol. The lowest BCUT2D eigenvalue weighted by atomic mass is 10.2. The van der Waals surface area contributed by atoms with Crippen molar-refractivity contribution in [2.75, 3.05) is 36.4 Å². The molecule has 162 valence electrons. The number of aromatic nitrogens is 3. The second-order valence-corrected chi connectivity index (χ2v) is 8.41. The summed E-state index contributed by atoms with van der Waals surface area (Å²) in [4.78, 5) is 40.0. The second kappa shape index (κ2) is 8.25. The Morgan fingerprint density at radius 3 is 2.61 bits per heavy atom. The van der Waals surface area contributed by atoms with Gasteiger partial charge in [-0.1, -0.05) is 12.1 Å². The van der Waals surface area contributed by atoms with Crippen LogP contribution in [0, 0.1) is 0 Å². The molecule has 1 aliphatic rings. The van der Waals surface area contributed by atoms with Gasteiger partial charge in [-0.25, -0.2) is 14.8 Å². The van der Waals surface area contributed by atoms with Crippen LogP contribution in [0.15, 0.2) is 47.4 Å². The first kappa shape index (κ1) is 20.6. The van der Waals surface area contributed by atoms with Crippen LogP contribution in [0.4, 0.5) is 22.2 Å². The smallest absolute Gasteiger partial charge is 0.410 e. The molecule has 1 aromatic carbocycles. The van der Waals surface area contributed by atoms with Crippen molar-refractivity contribution in [3.63, 3.8) is 0 Å². The number of para-hydroxylation sites is 1. The quantitative estimate of drug-likeness (QED) is 0.668. The van der Waals surface area contributed by atoms with Crippen molar-refractivity contribution < 1.29 is 9.53 Å². The van der Waals surface area contributed by atoms with E-state index in [1.54, 1.807) is 29.3 Å². The summed E-state index contributed by atoms with van der Waals surface area (Å²) in [6, 6.07) is 11.0. The Morgan fingerprint density at radius 2 is 1.87 bits per heavy atom. The first-order valence-corrected chi connectivity index (χ1v) is 10.2. The number of carbonyl (C=O) groups excluding carboxylic acids is 1. The van der Waals surface area contributed by atoms with E-state index in [0.717, 1.165) is 5.69 Å². The molecule has 0 radical (unpaired) electrons. The molecule has 0 atom stereocenters. The zero-order valence-electron chi connectivity index (χ0n) is 17.9. The Labute approximate surface area is 180 Å². The minimum atomic E-state index is -0.502. The topological polar surface area (TPSA) is 103 Å². The van der Waals surface area contributed by atoms with Crippen LogP contribution in [0.3, 0.4) is 0 Å². The number of pyridine rings is 1. The third-order valence-electron chi connectivity index (χ3n) is 4.90. The number of H-pyrrole nitrogens is 1. The lowest BCUT2D eigenvalue weighted by molar-refractivity contribution is 0.0240. The van der Waals surface area contributed by atoms with Gasteiger partial charge >= 0.3 is 6.09 Å². The number of aromatic amines is 1. The van der Waals surface area contributed by atoms with E-state index in [-0.39, 0.29) is 11.7 Å². The number of hydrogen-bond acceptors (Lipinski definition) is 7. The fourth-order valence-electron chi connectivity index (χ4n) is 3.43. The van der Waals surface area contributed by atoms with Crippen molar-refractivity contribution in [2.24, 2.45) is 0 Å². The summed E-state index contributed by atoms with van der Waals surface area (Å²) < 4.78 is 5.46. The monoisotopic (exact) mass is 422 g/mol. The highest BCUT2D eigenvalue weighted by Crippen LogP contribution is 2.21. The normalized spacial score (nSPS) is 14.5. The van der Waals surface area contributed by atoms with Crippen LogP contribution in [0.2, 0.25) is 0 Å². The fraction of sp³-hybridized carbons (Fsp3) is 0.364. The maximum atomic E-state index is 12.3. The Bertz CT molecular complexity index is 1150. The number of nitrogens with zero attached hydrogens (tertiary/aromatic N) is 4. The number of hydrogen-bond donors (Lipinski definition) is 2. The standard InChI is InChI=1S/C22H26N6O3/c1-22(2,3)31-21(30)28-12-10-27(11-13-28)15-8-9-23-18(14-15)25-20-24-17-7-5-4-6-16(17)19(29)26-20/h4-9,14H,10-13H2,1-3H3,(H2,23,24,25,26,29). The molecule has 0 bridgehead atoms. The highest BCUT2D eigenvalue weighted by Gasteiger charge is 2.26.